The highest BCUT2D eigenvalue weighted by Gasteiger charge is 2.07. The molecule has 4 heteroatoms. The SMILES string of the molecule is COc1nc(-c2cccc(Cl)c2)ccc1C#N. The maximum absolute atomic E-state index is 8.86. The van der Waals surface area contributed by atoms with E-state index in [4.69, 9.17) is 21.6 Å². The molecule has 84 valence electrons. The Labute approximate surface area is 104 Å². The van der Waals surface area contributed by atoms with Gasteiger partial charge in [0.1, 0.15) is 11.6 Å². The number of methoxy groups -OCH3 is 1. The molecule has 0 unspecified atom stereocenters. The number of nitrogens with zero attached hydrogens (tertiary/aromatic N) is 2. The Morgan fingerprint density at radius 2 is 2.12 bits per heavy atom. The third kappa shape index (κ3) is 2.38. The monoisotopic (exact) mass is 244 g/mol. The molecule has 2 rings (SSSR count). The summed E-state index contributed by atoms with van der Waals surface area (Å²) < 4.78 is 5.06. The van der Waals surface area contributed by atoms with Crippen molar-refractivity contribution in [2.45, 2.75) is 0 Å². The van der Waals surface area contributed by atoms with Gasteiger partial charge in [0.25, 0.3) is 0 Å². The average Bonchev–Trinajstić information content (AvgIpc) is 2.38. The highest BCUT2D eigenvalue weighted by molar-refractivity contribution is 6.30. The quantitative estimate of drug-likeness (QED) is 0.814. The first-order chi connectivity index (χ1) is 8.24. The van der Waals surface area contributed by atoms with E-state index in [0.29, 0.717) is 16.5 Å². The molecule has 0 spiro atoms. The summed E-state index contributed by atoms with van der Waals surface area (Å²) in [6.07, 6.45) is 0. The van der Waals surface area contributed by atoms with Crippen molar-refractivity contribution >= 4 is 11.6 Å². The third-order valence-electron chi connectivity index (χ3n) is 2.29. The van der Waals surface area contributed by atoms with E-state index in [1.165, 1.54) is 7.11 Å². The Bertz CT molecular complexity index is 590. The first kappa shape index (κ1) is 11.4. The van der Waals surface area contributed by atoms with Crippen molar-refractivity contribution in [3.05, 3.63) is 47.0 Å². The van der Waals surface area contributed by atoms with Crippen LogP contribution in [0.2, 0.25) is 5.02 Å². The van der Waals surface area contributed by atoms with Gasteiger partial charge in [0.05, 0.1) is 12.8 Å². The maximum Gasteiger partial charge on any atom is 0.231 e. The summed E-state index contributed by atoms with van der Waals surface area (Å²) >= 11 is 5.92. The molecule has 3 nitrogen and oxygen atoms in total. The maximum atomic E-state index is 8.86. The molecule has 0 N–H and O–H groups in total. The third-order valence-corrected chi connectivity index (χ3v) is 2.53. The topological polar surface area (TPSA) is 45.9 Å². The van der Waals surface area contributed by atoms with E-state index in [-0.39, 0.29) is 0 Å². The number of benzene rings is 1. The average molecular weight is 245 g/mol. The number of aromatic nitrogens is 1. The molecular weight excluding hydrogens is 236 g/mol. The zero-order valence-corrected chi connectivity index (χ0v) is 9.90. The predicted molar refractivity (Wildman–Crippen MR) is 66.0 cm³/mol. The van der Waals surface area contributed by atoms with Crippen LogP contribution < -0.4 is 4.74 Å². The lowest BCUT2D eigenvalue weighted by Gasteiger charge is -2.05. The number of pyridine rings is 1. The fourth-order valence-electron chi connectivity index (χ4n) is 1.49. The Balaban J connectivity index is 2.51. The molecule has 0 saturated carbocycles. The van der Waals surface area contributed by atoms with Crippen LogP contribution >= 0.6 is 11.6 Å². The molecule has 0 bridgehead atoms. The van der Waals surface area contributed by atoms with Gasteiger partial charge in [0.15, 0.2) is 0 Å². The van der Waals surface area contributed by atoms with Crippen LogP contribution in [-0.2, 0) is 0 Å². The highest BCUT2D eigenvalue weighted by Crippen LogP contribution is 2.24. The molecule has 0 aliphatic rings. The molecule has 0 fully saturated rings. The summed E-state index contributed by atoms with van der Waals surface area (Å²) in [6.45, 7) is 0. The van der Waals surface area contributed by atoms with E-state index < -0.39 is 0 Å². The first-order valence-corrected chi connectivity index (χ1v) is 5.33. The first-order valence-electron chi connectivity index (χ1n) is 4.95. The molecule has 0 aliphatic heterocycles. The van der Waals surface area contributed by atoms with Crippen molar-refractivity contribution in [1.29, 1.82) is 5.26 Å². The Morgan fingerprint density at radius 1 is 1.29 bits per heavy atom. The summed E-state index contributed by atoms with van der Waals surface area (Å²) in [6, 6.07) is 12.8. The van der Waals surface area contributed by atoms with Gasteiger partial charge >= 0.3 is 0 Å². The molecule has 0 atom stereocenters. The van der Waals surface area contributed by atoms with E-state index in [0.717, 1.165) is 11.3 Å². The summed E-state index contributed by atoms with van der Waals surface area (Å²) in [5.41, 5.74) is 2.03. The van der Waals surface area contributed by atoms with Gasteiger partial charge in [-0.15, -0.1) is 0 Å². The Morgan fingerprint density at radius 3 is 2.76 bits per heavy atom. The van der Waals surface area contributed by atoms with E-state index in [1.54, 1.807) is 18.2 Å². The van der Waals surface area contributed by atoms with Crippen LogP contribution in [0.25, 0.3) is 11.3 Å². The fourth-order valence-corrected chi connectivity index (χ4v) is 1.68. The normalized spacial score (nSPS) is 9.71. The number of rotatable bonds is 2. The van der Waals surface area contributed by atoms with Crippen LogP contribution in [0.4, 0.5) is 0 Å². The molecule has 0 aliphatic carbocycles. The largest absolute Gasteiger partial charge is 0.480 e. The van der Waals surface area contributed by atoms with Crippen LogP contribution in [-0.4, -0.2) is 12.1 Å². The van der Waals surface area contributed by atoms with Gasteiger partial charge in [-0.3, -0.25) is 0 Å². The molecule has 1 aromatic carbocycles. The number of ether oxygens (including phenoxy) is 1. The molecular formula is C13H9ClN2O. The smallest absolute Gasteiger partial charge is 0.231 e. The zero-order chi connectivity index (χ0) is 12.3. The van der Waals surface area contributed by atoms with Crippen molar-refractivity contribution in [3.63, 3.8) is 0 Å². The van der Waals surface area contributed by atoms with Gasteiger partial charge in [0.2, 0.25) is 5.88 Å². The van der Waals surface area contributed by atoms with Gasteiger partial charge in [-0.1, -0.05) is 23.7 Å². The van der Waals surface area contributed by atoms with Crippen molar-refractivity contribution < 1.29 is 4.74 Å². The lowest BCUT2D eigenvalue weighted by atomic mass is 10.1. The van der Waals surface area contributed by atoms with Crippen LogP contribution in [0.1, 0.15) is 5.56 Å². The van der Waals surface area contributed by atoms with Crippen LogP contribution in [0, 0.1) is 11.3 Å². The van der Waals surface area contributed by atoms with Gasteiger partial charge in [-0.05, 0) is 24.3 Å². The van der Waals surface area contributed by atoms with Gasteiger partial charge in [-0.2, -0.15) is 5.26 Å². The van der Waals surface area contributed by atoms with Gasteiger partial charge in [-0.25, -0.2) is 4.98 Å². The van der Waals surface area contributed by atoms with E-state index in [2.05, 4.69) is 4.98 Å². The predicted octanol–water partition coefficient (Wildman–Crippen LogP) is 3.28. The second kappa shape index (κ2) is 4.86. The van der Waals surface area contributed by atoms with Crippen molar-refractivity contribution in [1.82, 2.24) is 4.98 Å². The number of nitriles is 1. The Hall–Kier alpha value is -2.05. The molecule has 2 aromatic rings. The summed E-state index contributed by atoms with van der Waals surface area (Å²) in [7, 11) is 1.49. The van der Waals surface area contributed by atoms with Crippen molar-refractivity contribution in [3.8, 4) is 23.2 Å². The summed E-state index contributed by atoms with van der Waals surface area (Å²) in [4.78, 5) is 4.27. The molecule has 17 heavy (non-hydrogen) atoms. The van der Waals surface area contributed by atoms with E-state index in [1.807, 2.05) is 24.3 Å². The highest BCUT2D eigenvalue weighted by atomic mass is 35.5. The lowest BCUT2D eigenvalue weighted by molar-refractivity contribution is 0.397. The summed E-state index contributed by atoms with van der Waals surface area (Å²) in [5.74, 6) is 0.324. The van der Waals surface area contributed by atoms with Crippen molar-refractivity contribution in [2.24, 2.45) is 0 Å². The van der Waals surface area contributed by atoms with E-state index in [9.17, 15) is 0 Å². The minimum atomic E-state index is 0.324. The zero-order valence-electron chi connectivity index (χ0n) is 9.14. The molecule has 1 heterocycles. The number of halogens is 1. The molecule has 0 radical (unpaired) electrons. The van der Waals surface area contributed by atoms with Gasteiger partial charge in [0, 0.05) is 10.6 Å². The summed E-state index contributed by atoms with van der Waals surface area (Å²) in [5, 5.41) is 9.51. The number of hydrogen-bond donors (Lipinski definition) is 0. The lowest BCUT2D eigenvalue weighted by Crippen LogP contribution is -1.93. The second-order valence-electron chi connectivity index (χ2n) is 3.38. The molecule has 0 saturated heterocycles. The fraction of sp³-hybridized carbons (Fsp3) is 0.0769. The minimum Gasteiger partial charge on any atom is -0.480 e. The standard InChI is InChI=1S/C13H9ClN2O/c1-17-13-10(8-15)5-6-12(16-13)9-3-2-4-11(14)7-9/h2-7H,1H3. The molecule has 1 aromatic heterocycles. The Kier molecular flexibility index (Phi) is 3.27. The minimum absolute atomic E-state index is 0.324. The number of hydrogen-bond acceptors (Lipinski definition) is 3. The second-order valence-corrected chi connectivity index (χ2v) is 3.81. The molecule has 0 amide bonds. The van der Waals surface area contributed by atoms with E-state index >= 15 is 0 Å². The van der Waals surface area contributed by atoms with Crippen LogP contribution in [0.15, 0.2) is 36.4 Å². The van der Waals surface area contributed by atoms with Gasteiger partial charge < -0.3 is 4.74 Å². The van der Waals surface area contributed by atoms with Crippen LogP contribution in [0.3, 0.4) is 0 Å². The van der Waals surface area contributed by atoms with Crippen molar-refractivity contribution in [2.75, 3.05) is 7.11 Å². The van der Waals surface area contributed by atoms with Crippen LogP contribution in [0.5, 0.6) is 5.88 Å².